The quantitative estimate of drug-likeness (QED) is 0.323. The number of carbonyl (C=O) groups excluding carboxylic acids is 1. The van der Waals surface area contributed by atoms with Crippen molar-refractivity contribution in [3.63, 3.8) is 0 Å². The second-order valence-corrected chi connectivity index (χ2v) is 18.1. The van der Waals surface area contributed by atoms with Gasteiger partial charge in [0.25, 0.3) is 0 Å². The Morgan fingerprint density at radius 2 is 1.82 bits per heavy atom. The topological polar surface area (TPSA) is 35.5 Å². The number of hydrogen-bond acceptors (Lipinski definition) is 3. The van der Waals surface area contributed by atoms with Gasteiger partial charge in [-0.1, -0.05) is 51.5 Å². The van der Waals surface area contributed by atoms with E-state index in [-0.39, 0.29) is 0 Å². The van der Waals surface area contributed by atoms with Crippen molar-refractivity contribution in [3.05, 3.63) is 12.3 Å². The Bertz CT molecular complexity index is 366. The van der Waals surface area contributed by atoms with Crippen molar-refractivity contribution >= 4 is 33.3 Å². The molecule has 0 rings (SSSR count). The molecule has 0 amide bonds. The molecule has 0 N–H and O–H groups in total. The van der Waals surface area contributed by atoms with E-state index in [2.05, 4.69) is 53.1 Å². The minimum atomic E-state index is -1.40. The van der Waals surface area contributed by atoms with Gasteiger partial charge in [-0.05, 0) is 18.0 Å². The van der Waals surface area contributed by atoms with E-state index in [0.29, 0.717) is 22.5 Å². The molecule has 0 aromatic heterocycles. The van der Waals surface area contributed by atoms with E-state index in [1.807, 2.05) is 0 Å². The highest BCUT2D eigenvalue weighted by molar-refractivity contribution is 6.93. The third kappa shape index (κ3) is 7.78. The molecule has 0 unspecified atom stereocenters. The Morgan fingerprint density at radius 3 is 2.32 bits per heavy atom. The van der Waals surface area contributed by atoms with Gasteiger partial charge < -0.3 is 9.47 Å². The fraction of sp³-hybridized carbons (Fsp3) is 0.812. The van der Waals surface area contributed by atoms with Crippen molar-refractivity contribution in [3.8, 4) is 0 Å². The van der Waals surface area contributed by atoms with Crippen LogP contribution in [-0.2, 0) is 9.47 Å². The monoisotopic (exact) mass is 356 g/mol. The molecule has 4 radical (unpaired) electrons. The molecule has 0 spiro atoms. The van der Waals surface area contributed by atoms with E-state index in [1.54, 1.807) is 6.92 Å². The zero-order valence-electron chi connectivity index (χ0n) is 15.3. The summed E-state index contributed by atoms with van der Waals surface area (Å²) in [6, 6.07) is 1.10. The van der Waals surface area contributed by atoms with Crippen molar-refractivity contribution < 1.29 is 14.3 Å². The van der Waals surface area contributed by atoms with Crippen LogP contribution in [0.5, 0.6) is 0 Å². The predicted molar refractivity (Wildman–Crippen MR) is 99.7 cm³/mol. The summed E-state index contributed by atoms with van der Waals surface area (Å²) < 4.78 is 10.5. The lowest BCUT2D eigenvalue weighted by molar-refractivity contribution is 0.0592. The number of ether oxygens (including phenoxy) is 2. The molecular formula is C16H32O3Si3. The van der Waals surface area contributed by atoms with Gasteiger partial charge in [0.2, 0.25) is 0 Å². The standard InChI is InChI=1S/C16H32O3Si3/c1-9-18-14(17)19-12-11-13-20-15(3,4)21-16(5,6)22(7,8)10-2/h10H,2,9,11-13H2,1,3-8H3. The van der Waals surface area contributed by atoms with Crippen LogP contribution in [0.3, 0.4) is 0 Å². The van der Waals surface area contributed by atoms with Crippen LogP contribution < -0.4 is 0 Å². The summed E-state index contributed by atoms with van der Waals surface area (Å²) in [6.07, 6.45) is 0.361. The lowest BCUT2D eigenvalue weighted by Gasteiger charge is -2.42. The van der Waals surface area contributed by atoms with Crippen LogP contribution in [0.1, 0.15) is 41.0 Å². The average Bonchev–Trinajstić information content (AvgIpc) is 2.37. The largest absolute Gasteiger partial charge is 0.508 e. The molecule has 0 aliphatic rings. The molecule has 3 nitrogen and oxygen atoms in total. The van der Waals surface area contributed by atoms with Crippen LogP contribution in [0.25, 0.3) is 0 Å². The third-order valence-electron chi connectivity index (χ3n) is 4.12. The molecule has 0 saturated carbocycles. The van der Waals surface area contributed by atoms with Crippen LogP contribution >= 0.6 is 0 Å². The van der Waals surface area contributed by atoms with Gasteiger partial charge in [-0.15, -0.1) is 12.3 Å². The summed E-state index contributed by atoms with van der Waals surface area (Å²) in [6.45, 7) is 21.0. The van der Waals surface area contributed by atoms with Gasteiger partial charge in [0, 0.05) is 19.0 Å². The minimum Gasteiger partial charge on any atom is -0.435 e. The van der Waals surface area contributed by atoms with Crippen LogP contribution in [0, 0.1) is 0 Å². The lowest BCUT2D eigenvalue weighted by Crippen LogP contribution is -2.45. The van der Waals surface area contributed by atoms with Crippen molar-refractivity contribution in [1.29, 1.82) is 0 Å². The highest BCUT2D eigenvalue weighted by Gasteiger charge is 2.40. The molecule has 22 heavy (non-hydrogen) atoms. The fourth-order valence-corrected chi connectivity index (χ4v) is 9.62. The summed E-state index contributed by atoms with van der Waals surface area (Å²) in [5.74, 6) is 0. The van der Waals surface area contributed by atoms with Gasteiger partial charge >= 0.3 is 6.16 Å². The fourth-order valence-electron chi connectivity index (χ4n) is 2.03. The normalized spacial score (nSPS) is 12.9. The molecule has 126 valence electrons. The Hall–Kier alpha value is -0.339. The first-order chi connectivity index (χ1) is 9.97. The van der Waals surface area contributed by atoms with Crippen molar-refractivity contribution in [2.45, 2.75) is 69.5 Å². The Morgan fingerprint density at radius 1 is 1.23 bits per heavy atom. The van der Waals surface area contributed by atoms with Crippen molar-refractivity contribution in [2.75, 3.05) is 13.2 Å². The number of hydrogen-bond donors (Lipinski definition) is 0. The molecule has 0 fully saturated rings. The lowest BCUT2D eigenvalue weighted by atomic mass is 10.5. The molecule has 0 aliphatic carbocycles. The van der Waals surface area contributed by atoms with E-state index < -0.39 is 14.2 Å². The summed E-state index contributed by atoms with van der Waals surface area (Å²) in [4.78, 5) is 11.1. The number of rotatable bonds is 10. The molecular weight excluding hydrogens is 324 g/mol. The van der Waals surface area contributed by atoms with Crippen LogP contribution in [0.15, 0.2) is 12.3 Å². The zero-order chi connectivity index (χ0) is 17.4. The first-order valence-corrected chi connectivity index (χ1v) is 13.2. The molecule has 0 aliphatic heterocycles. The molecule has 6 heteroatoms. The Balaban J connectivity index is 4.20. The van der Waals surface area contributed by atoms with Crippen LogP contribution in [0.4, 0.5) is 4.79 Å². The second kappa shape index (κ2) is 9.08. The maximum atomic E-state index is 11.1. The van der Waals surface area contributed by atoms with Gasteiger partial charge in [-0.3, -0.25) is 0 Å². The van der Waals surface area contributed by atoms with Crippen LogP contribution in [-0.4, -0.2) is 46.5 Å². The number of carbonyl (C=O) groups is 1. The van der Waals surface area contributed by atoms with Crippen molar-refractivity contribution in [2.24, 2.45) is 0 Å². The van der Waals surface area contributed by atoms with E-state index in [4.69, 9.17) is 9.47 Å². The van der Waals surface area contributed by atoms with Crippen molar-refractivity contribution in [1.82, 2.24) is 0 Å². The molecule has 0 saturated heterocycles. The molecule has 0 aromatic carbocycles. The van der Waals surface area contributed by atoms with Gasteiger partial charge in [0.1, 0.15) is 0 Å². The highest BCUT2D eigenvalue weighted by atomic mass is 28.4. The third-order valence-corrected chi connectivity index (χ3v) is 14.3. The summed E-state index contributed by atoms with van der Waals surface area (Å²) in [5.41, 5.74) is 2.21. The summed E-state index contributed by atoms with van der Waals surface area (Å²) in [5, 5.41) is 0. The van der Waals surface area contributed by atoms with Gasteiger partial charge in [0.15, 0.2) is 0 Å². The first-order valence-electron chi connectivity index (χ1n) is 7.95. The van der Waals surface area contributed by atoms with Crippen LogP contribution in [0.2, 0.25) is 28.5 Å². The maximum absolute atomic E-state index is 11.1. The zero-order valence-corrected chi connectivity index (χ0v) is 18.3. The van der Waals surface area contributed by atoms with Gasteiger partial charge in [-0.25, -0.2) is 4.79 Å². The Labute approximate surface area is 142 Å². The molecule has 0 atom stereocenters. The summed E-state index contributed by atoms with van der Waals surface area (Å²) in [7, 11) is 0.409. The molecule has 0 aromatic rings. The maximum Gasteiger partial charge on any atom is 0.508 e. The SMILES string of the molecule is C=C[Si](C)(C)C(C)(C)[Si]C(C)(C)[Si]CCCOC(=O)OCC. The first kappa shape index (κ1) is 21.7. The second-order valence-electron chi connectivity index (χ2n) is 7.11. The van der Waals surface area contributed by atoms with Gasteiger partial charge in [-0.2, -0.15) is 0 Å². The van der Waals surface area contributed by atoms with E-state index in [1.165, 1.54) is 0 Å². The Kier molecular flexibility index (Phi) is 8.94. The smallest absolute Gasteiger partial charge is 0.435 e. The average molecular weight is 357 g/mol. The summed E-state index contributed by atoms with van der Waals surface area (Å²) >= 11 is 0. The minimum absolute atomic E-state index is 0.348. The predicted octanol–water partition coefficient (Wildman–Crippen LogP) is 4.70. The van der Waals surface area contributed by atoms with E-state index >= 15 is 0 Å². The molecule has 0 bridgehead atoms. The van der Waals surface area contributed by atoms with E-state index in [0.717, 1.165) is 31.5 Å². The highest BCUT2D eigenvalue weighted by Crippen LogP contribution is 2.43. The van der Waals surface area contributed by atoms with Gasteiger partial charge in [0.05, 0.1) is 21.3 Å². The van der Waals surface area contributed by atoms with E-state index in [9.17, 15) is 4.79 Å². The molecule has 0 heterocycles.